The van der Waals surface area contributed by atoms with Crippen LogP contribution in [0, 0.1) is 0 Å². The molecular weight excluding hydrogens is 613 g/mol. The van der Waals surface area contributed by atoms with Crippen molar-refractivity contribution in [3.8, 4) is 51.0 Å². The van der Waals surface area contributed by atoms with Gasteiger partial charge in [0, 0.05) is 43.9 Å². The van der Waals surface area contributed by atoms with Crippen LogP contribution in [0.15, 0.2) is 174 Å². The van der Waals surface area contributed by atoms with Gasteiger partial charge in [-0.3, -0.25) is 0 Å². The fourth-order valence-electron chi connectivity index (χ4n) is 6.54. The summed E-state index contributed by atoms with van der Waals surface area (Å²) in [6.45, 7) is 0. The van der Waals surface area contributed by atoms with E-state index in [9.17, 15) is 4.11 Å². The highest BCUT2D eigenvalue weighted by atomic mass is 16.3. The van der Waals surface area contributed by atoms with E-state index < -0.39 is 12.1 Å². The number of aromatic nitrogens is 4. The third kappa shape index (κ3) is 4.67. The van der Waals surface area contributed by atoms with Crippen LogP contribution in [-0.2, 0) is 0 Å². The molecule has 0 N–H and O–H groups in total. The van der Waals surface area contributed by atoms with Crippen LogP contribution in [-0.4, -0.2) is 19.5 Å². The molecule has 3 aromatic heterocycles. The molecule has 0 saturated carbocycles. The first-order valence-corrected chi connectivity index (χ1v) is 16.1. The summed E-state index contributed by atoms with van der Waals surface area (Å²) in [4.78, 5) is 14.5. The predicted molar refractivity (Wildman–Crippen MR) is 203 cm³/mol. The Balaban J connectivity index is 1.27. The molecule has 10 aromatic rings. The van der Waals surface area contributed by atoms with E-state index in [1.54, 1.807) is 10.6 Å². The lowest BCUT2D eigenvalue weighted by Gasteiger charge is -2.11. The van der Waals surface area contributed by atoms with E-state index in [2.05, 4.69) is 0 Å². The van der Waals surface area contributed by atoms with E-state index in [1.807, 2.05) is 121 Å². The minimum atomic E-state index is -0.471. The summed E-state index contributed by atoms with van der Waals surface area (Å²) in [5, 5.41) is 2.05. The third-order valence-corrected chi connectivity index (χ3v) is 8.90. The summed E-state index contributed by atoms with van der Waals surface area (Å²) in [6.07, 6.45) is 0. The fourth-order valence-corrected chi connectivity index (χ4v) is 6.54. The number of benzene rings is 7. The topological polar surface area (TPSA) is 56.7 Å². The van der Waals surface area contributed by atoms with Gasteiger partial charge in [-0.1, -0.05) is 115 Å². The molecule has 0 amide bonds. The lowest BCUT2D eigenvalue weighted by molar-refractivity contribution is 0.669. The zero-order valence-electron chi connectivity index (χ0n) is 33.3. The van der Waals surface area contributed by atoms with Gasteiger partial charge >= 0.3 is 0 Å². The minimum absolute atomic E-state index is 0.0261. The molecule has 10 rings (SSSR count). The SMILES string of the molecule is [2H]c1c([2H])c([2H])c2c(c1[2H])c1c([2H])c(-c3nc(-c4ccccc4)nc(-c4ccc5c(c4)oc4ccccc45)n3)c([2H])c([2H])c1n2-c1cccc(-c2ccccc2)c1. The number of para-hydroxylation sites is 2. The van der Waals surface area contributed by atoms with Crippen LogP contribution in [0.1, 0.15) is 9.60 Å². The van der Waals surface area contributed by atoms with E-state index in [0.717, 1.165) is 27.5 Å². The van der Waals surface area contributed by atoms with Crippen LogP contribution in [0.2, 0.25) is 0 Å². The summed E-state index contributed by atoms with van der Waals surface area (Å²) in [7, 11) is 0. The molecule has 0 aliphatic carbocycles. The maximum absolute atomic E-state index is 9.78. The van der Waals surface area contributed by atoms with E-state index in [4.69, 9.17) is 24.9 Å². The molecule has 0 bridgehead atoms. The number of nitrogens with zero attached hydrogens (tertiary/aromatic N) is 4. The average Bonchev–Trinajstić information content (AvgIpc) is 3.82. The van der Waals surface area contributed by atoms with E-state index in [0.29, 0.717) is 22.4 Å². The maximum Gasteiger partial charge on any atom is 0.164 e. The highest BCUT2D eigenvalue weighted by Crippen LogP contribution is 2.37. The monoisotopic (exact) mass is 647 g/mol. The van der Waals surface area contributed by atoms with Crippen LogP contribution in [0.5, 0.6) is 0 Å². The molecule has 3 heterocycles. The first-order chi connectivity index (χ1) is 27.7. The molecule has 5 heteroatoms. The molecule has 0 radical (unpaired) electrons. The predicted octanol–water partition coefficient (Wildman–Crippen LogP) is 11.5. The molecule has 0 atom stereocenters. The molecule has 0 fully saturated rings. The van der Waals surface area contributed by atoms with Crippen molar-refractivity contribution < 1.29 is 14.0 Å². The minimum Gasteiger partial charge on any atom is -0.456 e. The van der Waals surface area contributed by atoms with Crippen LogP contribution < -0.4 is 0 Å². The van der Waals surface area contributed by atoms with Gasteiger partial charge < -0.3 is 8.98 Å². The summed E-state index contributed by atoms with van der Waals surface area (Å²) in [5.74, 6) is 0.517. The van der Waals surface area contributed by atoms with Gasteiger partial charge in [0.2, 0.25) is 0 Å². The van der Waals surface area contributed by atoms with E-state index in [1.165, 1.54) is 0 Å². The second kappa shape index (κ2) is 11.4. The zero-order valence-corrected chi connectivity index (χ0v) is 26.3. The van der Waals surface area contributed by atoms with Crippen molar-refractivity contribution in [1.29, 1.82) is 0 Å². The van der Waals surface area contributed by atoms with Gasteiger partial charge in [-0.2, -0.15) is 0 Å². The Kier molecular flexibility index (Phi) is 4.99. The van der Waals surface area contributed by atoms with E-state index >= 15 is 0 Å². The first-order valence-electron chi connectivity index (χ1n) is 19.6. The van der Waals surface area contributed by atoms with Crippen LogP contribution in [0.3, 0.4) is 0 Å². The molecule has 0 saturated heterocycles. The second-order valence-electron chi connectivity index (χ2n) is 11.9. The molecule has 50 heavy (non-hydrogen) atoms. The molecule has 234 valence electrons. The largest absolute Gasteiger partial charge is 0.456 e. The second-order valence-corrected chi connectivity index (χ2v) is 11.9. The highest BCUT2D eigenvalue weighted by molar-refractivity contribution is 6.10. The first kappa shape index (κ1) is 21.9. The van der Waals surface area contributed by atoms with Gasteiger partial charge in [0.15, 0.2) is 17.5 Å². The van der Waals surface area contributed by atoms with Gasteiger partial charge in [0.1, 0.15) is 11.2 Å². The molecule has 0 aliphatic rings. The van der Waals surface area contributed by atoms with Crippen LogP contribution in [0.25, 0.3) is 94.7 Å². The standard InChI is InChI=1S/C45H28N4O/c1-3-12-29(13-4-1)31-16-11-17-34(26-31)49-39-20-9-7-18-35(39)38-27-32(23-25-40(38)49)44-46-43(30-14-5-2-6-15-30)47-45(48-44)33-22-24-37-36-19-8-10-21-41(36)50-42(37)28-33/h1-28H/i7D,9D,18D,20D,23D,25D,27D. The lowest BCUT2D eigenvalue weighted by atomic mass is 10.1. The van der Waals surface area contributed by atoms with Crippen molar-refractivity contribution in [3.63, 3.8) is 0 Å². The van der Waals surface area contributed by atoms with Crippen LogP contribution in [0.4, 0.5) is 0 Å². The van der Waals surface area contributed by atoms with Gasteiger partial charge in [-0.25, -0.2) is 15.0 Å². The fraction of sp³-hybridized carbons (Fsp3) is 0. The lowest BCUT2D eigenvalue weighted by Crippen LogP contribution is -2.00. The highest BCUT2D eigenvalue weighted by Gasteiger charge is 2.18. The Bertz CT molecular complexity index is 3270. The Morgan fingerprint density at radius 2 is 1.10 bits per heavy atom. The molecule has 5 nitrogen and oxygen atoms in total. The molecule has 0 spiro atoms. The zero-order chi connectivity index (χ0) is 39.1. The van der Waals surface area contributed by atoms with Gasteiger partial charge in [-0.15, -0.1) is 0 Å². The van der Waals surface area contributed by atoms with Crippen molar-refractivity contribution >= 4 is 43.7 Å². The van der Waals surface area contributed by atoms with E-state index in [-0.39, 0.29) is 75.1 Å². The average molecular weight is 648 g/mol. The number of furan rings is 1. The van der Waals surface area contributed by atoms with Crippen molar-refractivity contribution in [2.45, 2.75) is 0 Å². The third-order valence-electron chi connectivity index (χ3n) is 8.90. The number of fused-ring (bicyclic) bond motifs is 6. The van der Waals surface area contributed by atoms with Crippen molar-refractivity contribution in [2.24, 2.45) is 0 Å². The Morgan fingerprint density at radius 3 is 1.94 bits per heavy atom. The number of hydrogen-bond donors (Lipinski definition) is 0. The molecular formula is C45H28N4O. The van der Waals surface area contributed by atoms with Gasteiger partial charge in [-0.05, 0) is 65.6 Å². The summed E-state index contributed by atoms with van der Waals surface area (Å²) in [6, 6.07) is 37.4. The molecule has 7 aromatic carbocycles. The number of rotatable bonds is 5. The Morgan fingerprint density at radius 1 is 0.440 bits per heavy atom. The van der Waals surface area contributed by atoms with Crippen molar-refractivity contribution in [3.05, 3.63) is 170 Å². The van der Waals surface area contributed by atoms with Gasteiger partial charge in [0.25, 0.3) is 0 Å². The molecule has 0 aliphatic heterocycles. The Hall–Kier alpha value is -6.85. The number of hydrogen-bond acceptors (Lipinski definition) is 4. The maximum atomic E-state index is 9.78. The Labute approximate surface area is 297 Å². The molecule has 0 unspecified atom stereocenters. The van der Waals surface area contributed by atoms with Crippen LogP contribution >= 0.6 is 0 Å². The summed E-state index contributed by atoms with van der Waals surface area (Å²) < 4.78 is 72.0. The smallest absolute Gasteiger partial charge is 0.164 e. The normalized spacial score (nSPS) is 13.6. The quantitative estimate of drug-likeness (QED) is 0.186. The van der Waals surface area contributed by atoms with Gasteiger partial charge in [0.05, 0.1) is 20.6 Å². The van der Waals surface area contributed by atoms with Crippen molar-refractivity contribution in [1.82, 2.24) is 19.5 Å². The summed E-state index contributed by atoms with van der Waals surface area (Å²) >= 11 is 0. The summed E-state index contributed by atoms with van der Waals surface area (Å²) in [5.41, 5.74) is 5.07. The van der Waals surface area contributed by atoms with Crippen molar-refractivity contribution in [2.75, 3.05) is 0 Å².